The summed E-state index contributed by atoms with van der Waals surface area (Å²) >= 11 is 5.69. The van der Waals surface area contributed by atoms with Gasteiger partial charge in [0.25, 0.3) is 0 Å². The number of halogens is 1. The Morgan fingerprint density at radius 3 is 2.47 bits per heavy atom. The smallest absolute Gasteiger partial charge is 0.323 e. The number of rotatable bonds is 5. The molecule has 1 amide bonds. The number of hydrogen-bond donors (Lipinski definition) is 1. The van der Waals surface area contributed by atoms with E-state index in [9.17, 15) is 9.59 Å². The van der Waals surface area contributed by atoms with Crippen LogP contribution in [0.15, 0.2) is 24.3 Å². The fourth-order valence-electron chi connectivity index (χ4n) is 1.13. The molecule has 0 spiro atoms. The van der Waals surface area contributed by atoms with Gasteiger partial charge >= 0.3 is 5.97 Å². The molecule has 0 atom stereocenters. The first-order chi connectivity index (χ1) is 7.11. The Labute approximate surface area is 92.1 Å². The van der Waals surface area contributed by atoms with Gasteiger partial charge in [-0.05, 0) is 17.7 Å². The van der Waals surface area contributed by atoms with Crippen LogP contribution in [0, 0.1) is 0 Å². The maximum atomic E-state index is 10.5. The Kier molecular flexibility index (Phi) is 4.12. The minimum Gasteiger partial charge on any atom is -0.480 e. The second-order valence-corrected chi connectivity index (χ2v) is 3.47. The Hall–Kier alpha value is -1.55. The molecule has 0 aliphatic rings. The number of amides is 1. The van der Waals surface area contributed by atoms with E-state index in [2.05, 4.69) is 0 Å². The number of benzene rings is 1. The minimum atomic E-state index is -1.03. The van der Waals surface area contributed by atoms with Crippen LogP contribution in [-0.4, -0.2) is 28.9 Å². The van der Waals surface area contributed by atoms with Crippen molar-refractivity contribution in [3.63, 3.8) is 0 Å². The van der Waals surface area contributed by atoms with Crippen LogP contribution < -0.4 is 0 Å². The Morgan fingerprint density at radius 1 is 1.40 bits per heavy atom. The number of nitrogens with zero attached hydrogens (tertiary/aromatic N) is 1. The van der Waals surface area contributed by atoms with Gasteiger partial charge in [0.2, 0.25) is 6.41 Å². The van der Waals surface area contributed by atoms with Crippen molar-refractivity contribution in [2.75, 3.05) is 6.54 Å². The Bertz CT molecular complexity index is 350. The van der Waals surface area contributed by atoms with Gasteiger partial charge < -0.3 is 10.0 Å². The van der Waals surface area contributed by atoms with Crippen molar-refractivity contribution >= 4 is 24.0 Å². The predicted octanol–water partition coefficient (Wildman–Crippen LogP) is 1.38. The molecule has 1 rings (SSSR count). The van der Waals surface area contributed by atoms with Crippen LogP contribution in [0.4, 0.5) is 0 Å². The Balaban J connectivity index is 2.62. The molecule has 0 aliphatic heterocycles. The maximum Gasteiger partial charge on any atom is 0.323 e. The number of carbonyl (C=O) groups is 2. The van der Waals surface area contributed by atoms with Crippen molar-refractivity contribution in [3.05, 3.63) is 34.9 Å². The molecule has 1 N–H and O–H groups in total. The summed E-state index contributed by atoms with van der Waals surface area (Å²) < 4.78 is 0. The van der Waals surface area contributed by atoms with Crippen molar-refractivity contribution in [2.45, 2.75) is 6.54 Å². The predicted molar refractivity (Wildman–Crippen MR) is 55.6 cm³/mol. The molecule has 0 fully saturated rings. The summed E-state index contributed by atoms with van der Waals surface area (Å²) in [7, 11) is 0. The SMILES string of the molecule is O=CN(CC(=O)O)Cc1ccc(Cl)cc1. The van der Waals surface area contributed by atoms with Crippen LogP contribution in [0.2, 0.25) is 5.02 Å². The van der Waals surface area contributed by atoms with Crippen molar-refractivity contribution < 1.29 is 14.7 Å². The zero-order chi connectivity index (χ0) is 11.3. The highest BCUT2D eigenvalue weighted by Crippen LogP contribution is 2.10. The summed E-state index contributed by atoms with van der Waals surface area (Å²) in [4.78, 5) is 22.1. The molecule has 5 heteroatoms. The molecule has 0 saturated heterocycles. The molecule has 0 bridgehead atoms. The van der Waals surface area contributed by atoms with Gasteiger partial charge in [-0.25, -0.2) is 0 Å². The second kappa shape index (κ2) is 5.36. The first-order valence-electron chi connectivity index (χ1n) is 4.27. The molecule has 0 saturated carbocycles. The van der Waals surface area contributed by atoms with Crippen LogP contribution in [0.3, 0.4) is 0 Å². The average Bonchev–Trinajstić information content (AvgIpc) is 2.19. The van der Waals surface area contributed by atoms with Crippen LogP contribution >= 0.6 is 11.6 Å². The number of carboxylic acid groups (broad SMARTS) is 1. The van der Waals surface area contributed by atoms with Gasteiger partial charge in [-0.1, -0.05) is 23.7 Å². The normalized spacial score (nSPS) is 9.67. The highest BCUT2D eigenvalue weighted by Gasteiger charge is 2.07. The largest absolute Gasteiger partial charge is 0.480 e. The Morgan fingerprint density at radius 2 is 2.00 bits per heavy atom. The zero-order valence-electron chi connectivity index (χ0n) is 7.89. The van der Waals surface area contributed by atoms with Gasteiger partial charge in [-0.3, -0.25) is 9.59 Å². The molecule has 1 aromatic carbocycles. The lowest BCUT2D eigenvalue weighted by atomic mass is 10.2. The van der Waals surface area contributed by atoms with Crippen LogP contribution in [0.5, 0.6) is 0 Å². The summed E-state index contributed by atoms with van der Waals surface area (Å²) in [5.74, 6) is -1.03. The van der Waals surface area contributed by atoms with E-state index in [0.29, 0.717) is 11.4 Å². The third kappa shape index (κ3) is 3.99. The zero-order valence-corrected chi connectivity index (χ0v) is 8.65. The molecule has 0 aliphatic carbocycles. The van der Waals surface area contributed by atoms with Crippen molar-refractivity contribution in [3.8, 4) is 0 Å². The lowest BCUT2D eigenvalue weighted by molar-refractivity contribution is -0.141. The third-order valence-corrected chi connectivity index (χ3v) is 2.04. The van der Waals surface area contributed by atoms with Gasteiger partial charge in [0.1, 0.15) is 6.54 Å². The average molecular weight is 228 g/mol. The molecular weight excluding hydrogens is 218 g/mol. The number of aliphatic carboxylic acids is 1. The van der Waals surface area contributed by atoms with Gasteiger partial charge in [-0.15, -0.1) is 0 Å². The highest BCUT2D eigenvalue weighted by atomic mass is 35.5. The van der Waals surface area contributed by atoms with Crippen molar-refractivity contribution in [2.24, 2.45) is 0 Å². The van der Waals surface area contributed by atoms with E-state index in [1.54, 1.807) is 24.3 Å². The van der Waals surface area contributed by atoms with E-state index < -0.39 is 5.97 Å². The van der Waals surface area contributed by atoms with Gasteiger partial charge in [0, 0.05) is 11.6 Å². The molecule has 1 aromatic rings. The van der Waals surface area contributed by atoms with E-state index in [1.807, 2.05) is 0 Å². The summed E-state index contributed by atoms with van der Waals surface area (Å²) in [5.41, 5.74) is 0.841. The standard InChI is InChI=1S/C10H10ClNO3/c11-9-3-1-8(2-4-9)5-12(7-13)6-10(14)15/h1-4,7H,5-6H2,(H,14,15). The summed E-state index contributed by atoms with van der Waals surface area (Å²) in [6.45, 7) is -0.0287. The lowest BCUT2D eigenvalue weighted by Gasteiger charge is -2.14. The van der Waals surface area contributed by atoms with Gasteiger partial charge in [0.15, 0.2) is 0 Å². The fraction of sp³-hybridized carbons (Fsp3) is 0.200. The molecule has 80 valence electrons. The molecule has 15 heavy (non-hydrogen) atoms. The van der Waals surface area contributed by atoms with E-state index in [-0.39, 0.29) is 13.1 Å². The van der Waals surface area contributed by atoms with Crippen LogP contribution in [-0.2, 0) is 16.1 Å². The first-order valence-corrected chi connectivity index (χ1v) is 4.65. The second-order valence-electron chi connectivity index (χ2n) is 3.03. The van der Waals surface area contributed by atoms with Gasteiger partial charge in [-0.2, -0.15) is 0 Å². The van der Waals surface area contributed by atoms with E-state index in [0.717, 1.165) is 5.56 Å². The summed E-state index contributed by atoms with van der Waals surface area (Å²) in [6, 6.07) is 6.89. The monoisotopic (exact) mass is 227 g/mol. The number of carboxylic acids is 1. The summed E-state index contributed by atoms with van der Waals surface area (Å²) in [5, 5.41) is 9.12. The molecule has 4 nitrogen and oxygen atoms in total. The topological polar surface area (TPSA) is 57.6 Å². The summed E-state index contributed by atoms with van der Waals surface area (Å²) in [6.07, 6.45) is 0.517. The molecule has 0 heterocycles. The maximum absolute atomic E-state index is 10.5. The van der Waals surface area contributed by atoms with Crippen molar-refractivity contribution in [1.82, 2.24) is 4.90 Å². The number of carbonyl (C=O) groups excluding carboxylic acids is 1. The van der Waals surface area contributed by atoms with Crippen molar-refractivity contribution in [1.29, 1.82) is 0 Å². The van der Waals surface area contributed by atoms with Crippen LogP contribution in [0.25, 0.3) is 0 Å². The fourth-order valence-corrected chi connectivity index (χ4v) is 1.25. The highest BCUT2D eigenvalue weighted by molar-refractivity contribution is 6.30. The van der Waals surface area contributed by atoms with Crippen LogP contribution in [0.1, 0.15) is 5.56 Å². The molecular formula is C10H10ClNO3. The molecule has 0 radical (unpaired) electrons. The first kappa shape index (κ1) is 11.5. The lowest BCUT2D eigenvalue weighted by Crippen LogP contribution is -2.27. The minimum absolute atomic E-state index is 0.271. The molecule has 0 aromatic heterocycles. The van der Waals surface area contributed by atoms with Gasteiger partial charge in [0.05, 0.1) is 0 Å². The molecule has 0 unspecified atom stereocenters. The third-order valence-electron chi connectivity index (χ3n) is 1.79. The van der Waals surface area contributed by atoms with E-state index in [4.69, 9.17) is 16.7 Å². The quantitative estimate of drug-likeness (QED) is 0.774. The van der Waals surface area contributed by atoms with E-state index >= 15 is 0 Å². The van der Waals surface area contributed by atoms with E-state index in [1.165, 1.54) is 4.90 Å². The number of hydrogen-bond acceptors (Lipinski definition) is 2.